The predicted molar refractivity (Wildman–Crippen MR) is 99.4 cm³/mol. The molecular weight excluding hydrogens is 352 g/mol. The molecule has 1 aromatic heterocycles. The smallest absolute Gasteiger partial charge is 0.269 e. The first-order valence-electron chi connectivity index (χ1n) is 7.73. The van der Waals surface area contributed by atoms with E-state index < -0.39 is 4.92 Å². The third-order valence-electron chi connectivity index (χ3n) is 3.63. The highest BCUT2D eigenvalue weighted by Crippen LogP contribution is 2.31. The highest BCUT2D eigenvalue weighted by Gasteiger charge is 2.15. The summed E-state index contributed by atoms with van der Waals surface area (Å²) in [5.74, 6) is 1.49. The van der Waals surface area contributed by atoms with Crippen LogP contribution in [0.2, 0.25) is 0 Å². The highest BCUT2D eigenvalue weighted by molar-refractivity contribution is 7.99. The third-order valence-corrected chi connectivity index (χ3v) is 4.63. The molecule has 0 aliphatic rings. The average molecular weight is 368 g/mol. The molecule has 0 N–H and O–H groups in total. The summed E-state index contributed by atoms with van der Waals surface area (Å²) in [6.45, 7) is 4.34. The molecule has 2 aromatic carbocycles. The van der Waals surface area contributed by atoms with Gasteiger partial charge in [0.2, 0.25) is 0 Å². The van der Waals surface area contributed by atoms with Crippen LogP contribution in [0.15, 0.2) is 71.2 Å². The fraction of sp³-hybridized carbons (Fsp3) is 0.111. The molecule has 0 aliphatic carbocycles. The van der Waals surface area contributed by atoms with Gasteiger partial charge in [-0.1, -0.05) is 6.08 Å². The van der Waals surface area contributed by atoms with Crippen molar-refractivity contribution < 1.29 is 9.66 Å². The maximum Gasteiger partial charge on any atom is 0.269 e. The second kappa shape index (κ2) is 7.83. The monoisotopic (exact) mass is 368 g/mol. The molecule has 1 heterocycles. The van der Waals surface area contributed by atoms with E-state index in [0.717, 1.165) is 22.0 Å². The number of nitrogens with zero attached hydrogens (tertiary/aromatic N) is 4. The van der Waals surface area contributed by atoms with E-state index in [1.165, 1.54) is 23.9 Å². The summed E-state index contributed by atoms with van der Waals surface area (Å²) in [5, 5.41) is 20.0. The van der Waals surface area contributed by atoms with E-state index in [0.29, 0.717) is 11.7 Å². The molecule has 0 bridgehead atoms. The molecule has 0 unspecified atom stereocenters. The Kier molecular flexibility index (Phi) is 5.33. The number of hydrogen-bond acceptors (Lipinski definition) is 6. The van der Waals surface area contributed by atoms with Crippen LogP contribution in [0.1, 0.15) is 0 Å². The van der Waals surface area contributed by atoms with Gasteiger partial charge >= 0.3 is 0 Å². The van der Waals surface area contributed by atoms with Gasteiger partial charge in [-0.3, -0.25) is 14.7 Å². The second-order valence-electron chi connectivity index (χ2n) is 5.29. The van der Waals surface area contributed by atoms with Gasteiger partial charge < -0.3 is 4.74 Å². The molecule has 0 fully saturated rings. The Bertz CT molecular complexity index is 921. The normalized spacial score (nSPS) is 10.5. The Labute approximate surface area is 154 Å². The topological polar surface area (TPSA) is 83.1 Å². The standard InChI is InChI=1S/C18H16N4O3S/c1-3-12-21-17(13-4-8-15(25-2)9-5-13)19-20-18(21)26-16-10-6-14(7-11-16)22(23)24/h3-11H,1,12H2,2H3. The number of allylic oxidation sites excluding steroid dienone is 1. The zero-order chi connectivity index (χ0) is 18.5. The minimum atomic E-state index is -0.420. The van der Waals surface area contributed by atoms with E-state index in [-0.39, 0.29) is 5.69 Å². The summed E-state index contributed by atoms with van der Waals surface area (Å²) >= 11 is 1.39. The maximum absolute atomic E-state index is 10.8. The van der Waals surface area contributed by atoms with Crippen LogP contribution in [-0.2, 0) is 6.54 Å². The van der Waals surface area contributed by atoms with Crippen molar-refractivity contribution in [2.75, 3.05) is 7.11 Å². The number of benzene rings is 2. The number of nitro groups is 1. The predicted octanol–water partition coefficient (Wildman–Crippen LogP) is 4.20. The third kappa shape index (κ3) is 3.75. The molecule has 7 nitrogen and oxygen atoms in total. The lowest BCUT2D eigenvalue weighted by Crippen LogP contribution is -2.00. The van der Waals surface area contributed by atoms with E-state index in [1.54, 1.807) is 25.3 Å². The first-order valence-corrected chi connectivity index (χ1v) is 8.55. The summed E-state index contributed by atoms with van der Waals surface area (Å²) in [7, 11) is 1.62. The molecule has 0 saturated carbocycles. The number of ether oxygens (including phenoxy) is 1. The van der Waals surface area contributed by atoms with Crippen molar-refractivity contribution in [1.82, 2.24) is 14.8 Å². The van der Waals surface area contributed by atoms with Crippen LogP contribution >= 0.6 is 11.8 Å². The molecule has 8 heteroatoms. The van der Waals surface area contributed by atoms with Gasteiger partial charge in [0.05, 0.1) is 12.0 Å². The Hall–Kier alpha value is -3.13. The van der Waals surface area contributed by atoms with Crippen LogP contribution in [0.4, 0.5) is 5.69 Å². The second-order valence-corrected chi connectivity index (χ2v) is 6.33. The maximum atomic E-state index is 10.8. The number of rotatable bonds is 7. The van der Waals surface area contributed by atoms with E-state index in [1.807, 2.05) is 28.8 Å². The molecule has 0 amide bonds. The van der Waals surface area contributed by atoms with Gasteiger partial charge in [-0.25, -0.2) is 0 Å². The molecule has 3 rings (SSSR count). The number of aromatic nitrogens is 3. The summed E-state index contributed by atoms with van der Waals surface area (Å²) in [5.41, 5.74) is 0.969. The molecule has 0 saturated heterocycles. The Balaban J connectivity index is 1.90. The lowest BCUT2D eigenvalue weighted by molar-refractivity contribution is -0.384. The van der Waals surface area contributed by atoms with Crippen LogP contribution in [0.3, 0.4) is 0 Å². The van der Waals surface area contributed by atoms with Gasteiger partial charge in [0.1, 0.15) is 5.75 Å². The number of non-ortho nitro benzene ring substituents is 1. The SMILES string of the molecule is C=CCn1c(Sc2ccc([N+](=O)[O-])cc2)nnc1-c1ccc(OC)cc1. The zero-order valence-corrected chi connectivity index (χ0v) is 14.8. The Morgan fingerprint density at radius 1 is 1.19 bits per heavy atom. The van der Waals surface area contributed by atoms with Crippen LogP contribution < -0.4 is 4.74 Å². The van der Waals surface area contributed by atoms with Gasteiger partial charge in [0.15, 0.2) is 11.0 Å². The van der Waals surface area contributed by atoms with Crippen LogP contribution in [0.5, 0.6) is 5.75 Å². The van der Waals surface area contributed by atoms with Crippen molar-refractivity contribution >= 4 is 17.4 Å². The fourth-order valence-electron chi connectivity index (χ4n) is 2.35. The number of nitro benzene ring substituents is 1. The first-order chi connectivity index (χ1) is 12.6. The minimum absolute atomic E-state index is 0.0563. The summed E-state index contributed by atoms with van der Waals surface area (Å²) in [4.78, 5) is 11.2. The first kappa shape index (κ1) is 17.7. The van der Waals surface area contributed by atoms with Crippen molar-refractivity contribution in [1.29, 1.82) is 0 Å². The molecular formula is C18H16N4O3S. The Morgan fingerprint density at radius 2 is 1.88 bits per heavy atom. The molecule has 26 heavy (non-hydrogen) atoms. The largest absolute Gasteiger partial charge is 0.497 e. The Morgan fingerprint density at radius 3 is 2.46 bits per heavy atom. The van der Waals surface area contributed by atoms with Crippen LogP contribution in [0.25, 0.3) is 11.4 Å². The molecule has 3 aromatic rings. The van der Waals surface area contributed by atoms with Crippen LogP contribution in [0, 0.1) is 10.1 Å². The van der Waals surface area contributed by atoms with Crippen molar-refractivity contribution in [2.45, 2.75) is 16.6 Å². The summed E-state index contributed by atoms with van der Waals surface area (Å²) < 4.78 is 7.13. The quantitative estimate of drug-likeness (QED) is 0.353. The zero-order valence-electron chi connectivity index (χ0n) is 14.0. The summed E-state index contributed by atoms with van der Waals surface area (Å²) in [6.07, 6.45) is 1.77. The van der Waals surface area contributed by atoms with E-state index >= 15 is 0 Å². The van der Waals surface area contributed by atoms with Gasteiger partial charge in [0.25, 0.3) is 5.69 Å². The average Bonchev–Trinajstić information content (AvgIpc) is 3.05. The van der Waals surface area contributed by atoms with Crippen LogP contribution in [-0.4, -0.2) is 26.8 Å². The van der Waals surface area contributed by atoms with Gasteiger partial charge in [-0.2, -0.15) is 0 Å². The highest BCUT2D eigenvalue weighted by atomic mass is 32.2. The molecule has 132 valence electrons. The van der Waals surface area contributed by atoms with Crippen molar-refractivity contribution in [3.63, 3.8) is 0 Å². The van der Waals surface area contributed by atoms with E-state index in [9.17, 15) is 10.1 Å². The van der Waals surface area contributed by atoms with Gasteiger partial charge in [-0.15, -0.1) is 16.8 Å². The summed E-state index contributed by atoms with van der Waals surface area (Å²) in [6, 6.07) is 13.9. The number of hydrogen-bond donors (Lipinski definition) is 0. The van der Waals surface area contributed by atoms with Crippen molar-refractivity contribution in [3.05, 3.63) is 71.3 Å². The molecule has 0 spiro atoms. The van der Waals surface area contributed by atoms with Gasteiger partial charge in [0, 0.05) is 29.1 Å². The van der Waals surface area contributed by atoms with E-state index in [2.05, 4.69) is 16.8 Å². The molecule has 0 atom stereocenters. The van der Waals surface area contributed by atoms with E-state index in [4.69, 9.17) is 4.74 Å². The van der Waals surface area contributed by atoms with Crippen molar-refractivity contribution in [2.24, 2.45) is 0 Å². The number of methoxy groups -OCH3 is 1. The lowest BCUT2D eigenvalue weighted by Gasteiger charge is -2.08. The molecule has 0 aliphatic heterocycles. The minimum Gasteiger partial charge on any atom is -0.497 e. The van der Waals surface area contributed by atoms with Gasteiger partial charge in [-0.05, 0) is 48.2 Å². The lowest BCUT2D eigenvalue weighted by atomic mass is 10.2. The van der Waals surface area contributed by atoms with Crippen molar-refractivity contribution in [3.8, 4) is 17.1 Å². The fourth-order valence-corrected chi connectivity index (χ4v) is 3.19. The molecule has 0 radical (unpaired) electrons.